The van der Waals surface area contributed by atoms with Crippen molar-refractivity contribution in [3.63, 3.8) is 0 Å². The molecule has 4 aliphatic rings. The molecule has 154 valence electrons. The molecule has 2 fully saturated rings. The van der Waals surface area contributed by atoms with Gasteiger partial charge < -0.3 is 4.90 Å². The molecular weight excluding hydrogens is 381 g/mol. The zero-order valence-corrected chi connectivity index (χ0v) is 16.4. The molecule has 0 saturated carbocycles. The number of hydrogen-bond acceptors (Lipinski definition) is 6. The molecule has 2 saturated heterocycles. The van der Waals surface area contributed by atoms with Crippen LogP contribution in [0.5, 0.6) is 0 Å². The van der Waals surface area contributed by atoms with Gasteiger partial charge in [0, 0.05) is 25.7 Å². The predicted octanol–water partition coefficient (Wildman–Crippen LogP) is 3.51. The van der Waals surface area contributed by atoms with E-state index in [-0.39, 0.29) is 11.7 Å². The second kappa shape index (κ2) is 6.55. The van der Waals surface area contributed by atoms with E-state index in [0.717, 1.165) is 50.4 Å². The van der Waals surface area contributed by atoms with E-state index < -0.39 is 11.7 Å². The third-order valence-electron chi connectivity index (χ3n) is 6.22. The number of hydrogen-bond donors (Lipinski definition) is 0. The van der Waals surface area contributed by atoms with Crippen LogP contribution >= 0.6 is 0 Å². The number of halogens is 3. The zero-order chi connectivity index (χ0) is 20.3. The topological polar surface area (TPSA) is 46.8 Å². The highest BCUT2D eigenvalue weighted by Crippen LogP contribution is 2.40. The molecule has 0 aromatic heterocycles. The van der Waals surface area contributed by atoms with Crippen molar-refractivity contribution < 1.29 is 13.2 Å². The van der Waals surface area contributed by atoms with Gasteiger partial charge in [-0.2, -0.15) is 18.3 Å². The molecule has 5 rings (SSSR count). The molecule has 0 N–H and O–H groups in total. The third kappa shape index (κ3) is 3.11. The van der Waals surface area contributed by atoms with Crippen LogP contribution in [-0.2, 0) is 6.18 Å². The molecule has 0 bridgehead atoms. The SMILES string of the molecule is CC1=NN2C(=NC1C)C(N1CCN3CCCC3C1)=Nc1cc(C(F)(F)F)ccc12. The molecule has 1 aromatic carbocycles. The van der Waals surface area contributed by atoms with Crippen LogP contribution in [0, 0.1) is 0 Å². The molecule has 29 heavy (non-hydrogen) atoms. The maximum absolute atomic E-state index is 13.3. The van der Waals surface area contributed by atoms with Gasteiger partial charge in [-0.15, -0.1) is 0 Å². The summed E-state index contributed by atoms with van der Waals surface area (Å²) in [5.74, 6) is 1.26. The average Bonchev–Trinajstić information content (AvgIpc) is 3.15. The fourth-order valence-electron chi connectivity index (χ4n) is 4.47. The molecular formula is C20H23F3N6. The summed E-state index contributed by atoms with van der Waals surface area (Å²) in [6.07, 6.45) is -2.08. The van der Waals surface area contributed by atoms with E-state index in [1.54, 1.807) is 5.01 Å². The lowest BCUT2D eigenvalue weighted by atomic mass is 10.1. The summed E-state index contributed by atoms with van der Waals surface area (Å²) in [7, 11) is 0. The van der Waals surface area contributed by atoms with Crippen LogP contribution < -0.4 is 5.01 Å². The summed E-state index contributed by atoms with van der Waals surface area (Å²) < 4.78 is 39.8. The standard InChI is InChI=1S/C20H23F3N6/c1-12-13(2)26-29-17-6-5-14(20(21,22)23)10-16(17)25-18(19(29)24-12)28-9-8-27-7-3-4-15(27)11-28/h5-6,10,12,15H,3-4,7-9,11H2,1-2H3. The molecule has 4 heterocycles. The summed E-state index contributed by atoms with van der Waals surface area (Å²) in [6, 6.07) is 4.01. The number of anilines is 1. The van der Waals surface area contributed by atoms with Gasteiger partial charge in [-0.3, -0.25) is 9.89 Å². The van der Waals surface area contributed by atoms with Crippen molar-refractivity contribution in [3.05, 3.63) is 23.8 Å². The summed E-state index contributed by atoms with van der Waals surface area (Å²) in [5, 5.41) is 6.31. The van der Waals surface area contributed by atoms with Gasteiger partial charge in [-0.1, -0.05) is 0 Å². The van der Waals surface area contributed by atoms with Crippen molar-refractivity contribution in [3.8, 4) is 0 Å². The molecule has 4 aliphatic heterocycles. The first kappa shape index (κ1) is 18.6. The van der Waals surface area contributed by atoms with E-state index in [9.17, 15) is 13.2 Å². The Morgan fingerprint density at radius 3 is 2.72 bits per heavy atom. The first-order valence-electron chi connectivity index (χ1n) is 10.0. The fraction of sp³-hybridized carbons (Fsp3) is 0.550. The Kier molecular flexibility index (Phi) is 4.20. The van der Waals surface area contributed by atoms with E-state index in [2.05, 4.69) is 19.9 Å². The molecule has 1 aromatic rings. The number of nitrogens with zero attached hydrogens (tertiary/aromatic N) is 6. The molecule has 6 nitrogen and oxygen atoms in total. The van der Waals surface area contributed by atoms with Gasteiger partial charge >= 0.3 is 6.18 Å². The minimum Gasteiger partial charge on any atom is -0.351 e. The number of amidine groups is 2. The Balaban J connectivity index is 1.59. The van der Waals surface area contributed by atoms with Crippen LogP contribution in [0.3, 0.4) is 0 Å². The molecule has 0 radical (unpaired) electrons. The Morgan fingerprint density at radius 2 is 1.93 bits per heavy atom. The van der Waals surface area contributed by atoms with Crippen molar-refractivity contribution in [1.82, 2.24) is 9.80 Å². The second-order valence-electron chi connectivity index (χ2n) is 8.10. The van der Waals surface area contributed by atoms with Crippen LogP contribution in [-0.4, -0.2) is 65.4 Å². The Morgan fingerprint density at radius 1 is 1.10 bits per heavy atom. The molecule has 0 spiro atoms. The average molecular weight is 404 g/mol. The largest absolute Gasteiger partial charge is 0.416 e. The van der Waals surface area contributed by atoms with Crippen LogP contribution in [0.4, 0.5) is 24.5 Å². The first-order valence-corrected chi connectivity index (χ1v) is 10.0. The quantitative estimate of drug-likeness (QED) is 0.665. The normalized spacial score (nSPS) is 27.0. The summed E-state index contributed by atoms with van der Waals surface area (Å²) in [4.78, 5) is 14.1. The lowest BCUT2D eigenvalue weighted by Gasteiger charge is -2.42. The minimum absolute atomic E-state index is 0.0878. The molecule has 2 unspecified atom stereocenters. The number of hydrazone groups is 1. The molecule has 9 heteroatoms. The Labute approximate surface area is 167 Å². The highest BCUT2D eigenvalue weighted by atomic mass is 19.4. The van der Waals surface area contributed by atoms with Crippen molar-refractivity contribution in [2.45, 2.75) is 44.9 Å². The van der Waals surface area contributed by atoms with Gasteiger partial charge in [0.1, 0.15) is 0 Å². The predicted molar refractivity (Wildman–Crippen MR) is 107 cm³/mol. The van der Waals surface area contributed by atoms with E-state index in [0.29, 0.717) is 23.4 Å². The van der Waals surface area contributed by atoms with Gasteiger partial charge in [0.05, 0.1) is 28.7 Å². The van der Waals surface area contributed by atoms with Crippen LogP contribution in [0.1, 0.15) is 32.3 Å². The number of piperazine rings is 1. The fourth-order valence-corrected chi connectivity index (χ4v) is 4.47. The van der Waals surface area contributed by atoms with Gasteiger partial charge in [0.2, 0.25) is 0 Å². The van der Waals surface area contributed by atoms with Gasteiger partial charge in [-0.25, -0.2) is 10.0 Å². The highest BCUT2D eigenvalue weighted by molar-refractivity contribution is 6.47. The molecule has 0 aliphatic carbocycles. The maximum atomic E-state index is 13.3. The zero-order valence-electron chi connectivity index (χ0n) is 16.4. The Hall–Kier alpha value is -2.42. The number of fused-ring (bicyclic) bond motifs is 4. The third-order valence-corrected chi connectivity index (χ3v) is 6.22. The number of aliphatic imine (C=N–C) groups is 2. The first-order chi connectivity index (χ1) is 13.8. The second-order valence-corrected chi connectivity index (χ2v) is 8.10. The Bertz CT molecular complexity index is 935. The monoisotopic (exact) mass is 404 g/mol. The van der Waals surface area contributed by atoms with E-state index >= 15 is 0 Å². The lowest BCUT2D eigenvalue weighted by molar-refractivity contribution is -0.137. The van der Waals surface area contributed by atoms with Crippen molar-refractivity contribution in [1.29, 1.82) is 0 Å². The minimum atomic E-state index is -4.41. The number of alkyl halides is 3. The van der Waals surface area contributed by atoms with Crippen molar-refractivity contribution in [2.24, 2.45) is 15.1 Å². The molecule has 0 amide bonds. The van der Waals surface area contributed by atoms with E-state index in [1.807, 2.05) is 13.8 Å². The van der Waals surface area contributed by atoms with Gasteiger partial charge in [-0.05, 0) is 51.4 Å². The summed E-state index contributed by atoms with van der Waals surface area (Å²) in [5.41, 5.74) is 0.938. The van der Waals surface area contributed by atoms with Crippen molar-refractivity contribution in [2.75, 3.05) is 31.2 Å². The van der Waals surface area contributed by atoms with E-state index in [1.165, 1.54) is 12.5 Å². The van der Waals surface area contributed by atoms with Crippen LogP contribution in [0.15, 0.2) is 33.3 Å². The number of benzene rings is 1. The highest BCUT2D eigenvalue weighted by Gasteiger charge is 2.39. The smallest absolute Gasteiger partial charge is 0.351 e. The lowest BCUT2D eigenvalue weighted by Crippen LogP contribution is -2.56. The molecule has 2 atom stereocenters. The van der Waals surface area contributed by atoms with E-state index in [4.69, 9.17) is 4.99 Å². The summed E-state index contributed by atoms with van der Waals surface area (Å²) >= 11 is 0. The summed E-state index contributed by atoms with van der Waals surface area (Å²) in [6.45, 7) is 7.51. The van der Waals surface area contributed by atoms with Crippen LogP contribution in [0.2, 0.25) is 0 Å². The van der Waals surface area contributed by atoms with Crippen molar-refractivity contribution >= 4 is 28.8 Å². The van der Waals surface area contributed by atoms with Crippen LogP contribution in [0.25, 0.3) is 0 Å². The number of rotatable bonds is 0. The van der Waals surface area contributed by atoms with Gasteiger partial charge in [0.15, 0.2) is 11.7 Å². The maximum Gasteiger partial charge on any atom is 0.416 e. The van der Waals surface area contributed by atoms with Gasteiger partial charge in [0.25, 0.3) is 0 Å².